The number of carbonyl (C=O) groups is 1. The van der Waals surface area contributed by atoms with Gasteiger partial charge in [-0.25, -0.2) is 22.5 Å². The molecule has 6 nitrogen and oxygen atoms in total. The Balaban J connectivity index is 1.94. The van der Waals surface area contributed by atoms with E-state index in [9.17, 15) is 17.6 Å². The molecule has 0 aliphatic carbocycles. The zero-order valence-electron chi connectivity index (χ0n) is 12.9. The molecule has 0 saturated heterocycles. The first-order chi connectivity index (χ1) is 11.3. The molecule has 0 atom stereocenters. The largest absolute Gasteiger partial charge is 0.331 e. The van der Waals surface area contributed by atoms with Gasteiger partial charge in [0.05, 0.1) is 11.0 Å². The topological polar surface area (TPSA) is 81.1 Å². The maximum absolute atomic E-state index is 13.7. The van der Waals surface area contributed by atoms with Gasteiger partial charge in [0.2, 0.25) is 0 Å². The third kappa shape index (κ3) is 2.76. The molecule has 1 aromatic heterocycles. The van der Waals surface area contributed by atoms with Crippen molar-refractivity contribution in [3.8, 4) is 0 Å². The van der Waals surface area contributed by atoms with Gasteiger partial charge < -0.3 is 4.57 Å². The Morgan fingerprint density at radius 2 is 1.92 bits per heavy atom. The number of aromatic nitrogens is 2. The van der Waals surface area contributed by atoms with Gasteiger partial charge in [-0.15, -0.1) is 0 Å². The predicted octanol–water partition coefficient (Wildman–Crippen LogP) is 2.14. The summed E-state index contributed by atoms with van der Waals surface area (Å²) in [6.45, 7) is 1.82. The number of benzene rings is 2. The maximum Gasteiger partial charge on any atom is 0.267 e. The van der Waals surface area contributed by atoms with Crippen LogP contribution >= 0.6 is 0 Å². The van der Waals surface area contributed by atoms with Crippen LogP contribution in [0.15, 0.2) is 47.4 Å². The Hall–Kier alpha value is -2.74. The van der Waals surface area contributed by atoms with Crippen LogP contribution < -0.4 is 4.72 Å². The Kier molecular flexibility index (Phi) is 3.84. The highest BCUT2D eigenvalue weighted by Gasteiger charge is 2.22. The third-order valence-electron chi connectivity index (χ3n) is 3.72. The number of carbonyl (C=O) groups excluding carboxylic acids is 1. The van der Waals surface area contributed by atoms with Crippen molar-refractivity contribution in [2.75, 3.05) is 0 Å². The molecule has 3 rings (SSSR count). The molecule has 0 spiro atoms. The summed E-state index contributed by atoms with van der Waals surface area (Å²) in [5.74, 6) is -1.00. The van der Waals surface area contributed by atoms with E-state index in [1.165, 1.54) is 24.3 Å². The van der Waals surface area contributed by atoms with Gasteiger partial charge in [-0.1, -0.05) is 12.1 Å². The van der Waals surface area contributed by atoms with E-state index in [0.717, 1.165) is 23.5 Å². The van der Waals surface area contributed by atoms with Crippen molar-refractivity contribution in [3.05, 3.63) is 59.7 Å². The molecule has 24 heavy (non-hydrogen) atoms. The van der Waals surface area contributed by atoms with Crippen molar-refractivity contribution in [1.29, 1.82) is 0 Å². The van der Waals surface area contributed by atoms with Gasteiger partial charge in [-0.2, -0.15) is 0 Å². The van der Waals surface area contributed by atoms with Crippen LogP contribution in [-0.2, 0) is 17.1 Å². The first-order valence-electron chi connectivity index (χ1n) is 7.04. The fourth-order valence-electron chi connectivity index (χ4n) is 2.36. The molecule has 0 fully saturated rings. The van der Waals surface area contributed by atoms with E-state index in [1.807, 2.05) is 23.3 Å². The number of aryl methyl sites for hydroxylation is 2. The highest BCUT2D eigenvalue weighted by atomic mass is 32.2. The molecule has 2 aromatic carbocycles. The predicted molar refractivity (Wildman–Crippen MR) is 86.5 cm³/mol. The molecular weight excluding hydrogens is 333 g/mol. The molecule has 124 valence electrons. The van der Waals surface area contributed by atoms with Crippen LogP contribution in [0.5, 0.6) is 0 Å². The number of hydrogen-bond donors (Lipinski definition) is 1. The number of rotatable bonds is 3. The highest BCUT2D eigenvalue weighted by Crippen LogP contribution is 2.18. The van der Waals surface area contributed by atoms with Crippen LogP contribution in [0.2, 0.25) is 0 Å². The lowest BCUT2D eigenvalue weighted by Gasteiger charge is -2.08. The monoisotopic (exact) mass is 347 g/mol. The zero-order chi connectivity index (χ0) is 17.5. The normalized spacial score (nSPS) is 11.6. The SMILES string of the molecule is Cc1nc2cc(C(=O)NS(=O)(=O)c3ccccc3F)ccc2n1C. The van der Waals surface area contributed by atoms with Gasteiger partial charge in [-0.3, -0.25) is 4.79 Å². The minimum atomic E-state index is -4.29. The Labute approximate surface area is 138 Å². The molecule has 1 N–H and O–H groups in total. The number of nitrogens with zero attached hydrogens (tertiary/aromatic N) is 2. The number of fused-ring (bicyclic) bond motifs is 1. The summed E-state index contributed by atoms with van der Waals surface area (Å²) in [5.41, 5.74) is 1.52. The Bertz CT molecular complexity index is 1060. The number of halogens is 1. The molecule has 0 unspecified atom stereocenters. The van der Waals surface area contributed by atoms with Gasteiger partial charge in [0, 0.05) is 12.6 Å². The molecule has 0 saturated carbocycles. The fourth-order valence-corrected chi connectivity index (χ4v) is 3.41. The molecule has 0 aliphatic heterocycles. The Morgan fingerprint density at radius 1 is 1.21 bits per heavy atom. The van der Waals surface area contributed by atoms with Crippen LogP contribution in [0.4, 0.5) is 4.39 Å². The summed E-state index contributed by atoms with van der Waals surface area (Å²) in [7, 11) is -2.45. The van der Waals surface area contributed by atoms with E-state index in [4.69, 9.17) is 0 Å². The Morgan fingerprint density at radius 3 is 2.62 bits per heavy atom. The van der Waals surface area contributed by atoms with Crippen LogP contribution in [0.3, 0.4) is 0 Å². The minimum absolute atomic E-state index is 0.125. The van der Waals surface area contributed by atoms with Gasteiger partial charge >= 0.3 is 0 Å². The van der Waals surface area contributed by atoms with E-state index in [-0.39, 0.29) is 5.56 Å². The number of imidazole rings is 1. The van der Waals surface area contributed by atoms with Gasteiger partial charge in [-0.05, 0) is 37.3 Å². The lowest BCUT2D eigenvalue weighted by atomic mass is 10.2. The molecule has 3 aromatic rings. The summed E-state index contributed by atoms with van der Waals surface area (Å²) in [4.78, 5) is 16.0. The van der Waals surface area contributed by atoms with Crippen molar-refractivity contribution >= 4 is 27.0 Å². The molecule has 1 amide bonds. The van der Waals surface area contributed by atoms with E-state index >= 15 is 0 Å². The van der Waals surface area contributed by atoms with Crippen molar-refractivity contribution in [3.63, 3.8) is 0 Å². The van der Waals surface area contributed by atoms with Crippen molar-refractivity contribution in [2.24, 2.45) is 7.05 Å². The van der Waals surface area contributed by atoms with Crippen LogP contribution in [0, 0.1) is 12.7 Å². The number of hydrogen-bond acceptors (Lipinski definition) is 4. The van der Waals surface area contributed by atoms with Crippen LogP contribution in [0.1, 0.15) is 16.2 Å². The number of amides is 1. The summed E-state index contributed by atoms with van der Waals surface area (Å²) >= 11 is 0. The lowest BCUT2D eigenvalue weighted by Crippen LogP contribution is -2.31. The molecular formula is C16H14FN3O3S. The van der Waals surface area contributed by atoms with Crippen molar-refractivity contribution in [1.82, 2.24) is 14.3 Å². The lowest BCUT2D eigenvalue weighted by molar-refractivity contribution is 0.0981. The van der Waals surface area contributed by atoms with E-state index in [2.05, 4.69) is 4.98 Å². The second kappa shape index (κ2) is 5.72. The van der Waals surface area contributed by atoms with Gasteiger partial charge in [0.25, 0.3) is 15.9 Å². The third-order valence-corrected chi connectivity index (χ3v) is 5.08. The van der Waals surface area contributed by atoms with Gasteiger partial charge in [0.15, 0.2) is 0 Å². The summed E-state index contributed by atoms with van der Waals surface area (Å²) in [6.07, 6.45) is 0. The number of nitrogens with one attached hydrogen (secondary N) is 1. The number of sulfonamides is 1. The summed E-state index contributed by atoms with van der Waals surface area (Å²) in [6, 6.07) is 9.53. The average molecular weight is 347 g/mol. The molecule has 0 aliphatic rings. The quantitative estimate of drug-likeness (QED) is 0.787. The van der Waals surface area contributed by atoms with Gasteiger partial charge in [0.1, 0.15) is 16.5 Å². The smallest absolute Gasteiger partial charge is 0.267 e. The van der Waals surface area contributed by atoms with E-state index < -0.39 is 26.6 Å². The summed E-state index contributed by atoms with van der Waals surface area (Å²) < 4.78 is 41.7. The maximum atomic E-state index is 13.7. The molecule has 0 bridgehead atoms. The minimum Gasteiger partial charge on any atom is -0.331 e. The zero-order valence-corrected chi connectivity index (χ0v) is 13.8. The first kappa shape index (κ1) is 16.1. The highest BCUT2D eigenvalue weighted by molar-refractivity contribution is 7.90. The van der Waals surface area contributed by atoms with Crippen LogP contribution in [-0.4, -0.2) is 23.9 Å². The fraction of sp³-hybridized carbons (Fsp3) is 0.125. The second-order valence-electron chi connectivity index (χ2n) is 5.29. The summed E-state index contributed by atoms with van der Waals surface area (Å²) in [5, 5.41) is 0. The second-order valence-corrected chi connectivity index (χ2v) is 6.94. The average Bonchev–Trinajstić information content (AvgIpc) is 2.81. The first-order valence-corrected chi connectivity index (χ1v) is 8.52. The van der Waals surface area contributed by atoms with E-state index in [1.54, 1.807) is 6.07 Å². The van der Waals surface area contributed by atoms with Crippen molar-refractivity contribution in [2.45, 2.75) is 11.8 Å². The van der Waals surface area contributed by atoms with E-state index in [0.29, 0.717) is 5.52 Å². The standard InChI is InChI=1S/C16H14FN3O3S/c1-10-18-13-9-11(7-8-14(13)20(10)2)16(21)19-24(22,23)15-6-4-3-5-12(15)17/h3-9H,1-2H3,(H,19,21). The molecule has 0 radical (unpaired) electrons. The molecule has 1 heterocycles. The van der Waals surface area contributed by atoms with Crippen molar-refractivity contribution < 1.29 is 17.6 Å². The van der Waals surface area contributed by atoms with Crippen LogP contribution in [0.25, 0.3) is 11.0 Å². The molecule has 8 heteroatoms.